The van der Waals surface area contributed by atoms with Crippen molar-refractivity contribution >= 4 is 0 Å². The summed E-state index contributed by atoms with van der Waals surface area (Å²) in [5, 5.41) is 3.59. The summed E-state index contributed by atoms with van der Waals surface area (Å²) < 4.78 is 0. The molecule has 2 unspecified atom stereocenters. The summed E-state index contributed by atoms with van der Waals surface area (Å²) in [6, 6.07) is 0.691. The van der Waals surface area contributed by atoms with Crippen molar-refractivity contribution < 1.29 is 0 Å². The van der Waals surface area contributed by atoms with Gasteiger partial charge < -0.3 is 5.32 Å². The highest BCUT2D eigenvalue weighted by molar-refractivity contribution is 5.03. The first-order valence-corrected chi connectivity index (χ1v) is 5.74. The second-order valence-corrected chi connectivity index (χ2v) is 4.93. The van der Waals surface area contributed by atoms with Crippen molar-refractivity contribution in [3.63, 3.8) is 0 Å². The van der Waals surface area contributed by atoms with Crippen molar-refractivity contribution in [2.24, 2.45) is 11.3 Å². The van der Waals surface area contributed by atoms with Gasteiger partial charge in [-0.05, 0) is 37.6 Å². The topological polar surface area (TPSA) is 12.0 Å². The Kier molecular flexibility index (Phi) is 4.01. The molecule has 0 aromatic rings. The van der Waals surface area contributed by atoms with Crippen molar-refractivity contribution in [2.45, 2.75) is 53.0 Å². The van der Waals surface area contributed by atoms with Crippen LogP contribution in [0.5, 0.6) is 0 Å². The zero-order valence-electron chi connectivity index (χ0n) is 9.98. The highest BCUT2D eigenvalue weighted by atomic mass is 14.9. The Morgan fingerprint density at radius 1 is 1.50 bits per heavy atom. The van der Waals surface area contributed by atoms with Crippen LogP contribution in [-0.2, 0) is 0 Å². The number of nitrogens with one attached hydrogen (secondary N) is 1. The van der Waals surface area contributed by atoms with Crippen LogP contribution in [0.25, 0.3) is 0 Å². The molecule has 0 aliphatic heterocycles. The molecule has 0 radical (unpaired) electrons. The molecule has 14 heavy (non-hydrogen) atoms. The van der Waals surface area contributed by atoms with E-state index in [-0.39, 0.29) is 0 Å². The van der Waals surface area contributed by atoms with Crippen LogP contribution in [0.2, 0.25) is 0 Å². The van der Waals surface area contributed by atoms with Gasteiger partial charge in [0.1, 0.15) is 0 Å². The van der Waals surface area contributed by atoms with Crippen LogP contribution in [0.3, 0.4) is 0 Å². The molecule has 1 aliphatic carbocycles. The van der Waals surface area contributed by atoms with Gasteiger partial charge in [0.15, 0.2) is 0 Å². The predicted molar refractivity (Wildman–Crippen MR) is 62.0 cm³/mol. The SMILES string of the molecule is CC#CCCC(NCC)C1CC1(C)C. The zero-order valence-corrected chi connectivity index (χ0v) is 9.98. The minimum atomic E-state index is 0.576. The lowest BCUT2D eigenvalue weighted by molar-refractivity contribution is 0.395. The van der Waals surface area contributed by atoms with Gasteiger partial charge in [-0.2, -0.15) is 0 Å². The molecule has 1 rings (SSSR count). The van der Waals surface area contributed by atoms with E-state index in [4.69, 9.17) is 0 Å². The van der Waals surface area contributed by atoms with E-state index in [1.165, 1.54) is 12.8 Å². The van der Waals surface area contributed by atoms with Crippen molar-refractivity contribution in [3.05, 3.63) is 0 Å². The van der Waals surface area contributed by atoms with Crippen LogP contribution >= 0.6 is 0 Å². The van der Waals surface area contributed by atoms with Crippen molar-refractivity contribution in [1.82, 2.24) is 5.32 Å². The third-order valence-electron chi connectivity index (χ3n) is 3.30. The molecule has 1 fully saturated rings. The first kappa shape index (κ1) is 11.6. The lowest BCUT2D eigenvalue weighted by Gasteiger charge is -2.18. The molecule has 0 bridgehead atoms. The highest BCUT2D eigenvalue weighted by Crippen LogP contribution is 2.54. The molecule has 1 aliphatic rings. The first-order chi connectivity index (χ1) is 6.61. The van der Waals surface area contributed by atoms with Gasteiger partial charge in [-0.1, -0.05) is 20.8 Å². The van der Waals surface area contributed by atoms with E-state index in [1.54, 1.807) is 0 Å². The van der Waals surface area contributed by atoms with E-state index in [0.29, 0.717) is 11.5 Å². The normalized spacial score (nSPS) is 25.0. The van der Waals surface area contributed by atoms with Gasteiger partial charge in [-0.25, -0.2) is 0 Å². The Hall–Kier alpha value is -0.480. The summed E-state index contributed by atoms with van der Waals surface area (Å²) in [6.45, 7) is 9.93. The maximum Gasteiger partial charge on any atom is 0.0110 e. The average molecular weight is 193 g/mol. The molecule has 0 saturated heterocycles. The van der Waals surface area contributed by atoms with E-state index in [2.05, 4.69) is 37.9 Å². The summed E-state index contributed by atoms with van der Waals surface area (Å²) in [4.78, 5) is 0. The maximum atomic E-state index is 3.59. The highest BCUT2D eigenvalue weighted by Gasteiger charge is 2.49. The summed E-state index contributed by atoms with van der Waals surface area (Å²) in [5.41, 5.74) is 0.576. The summed E-state index contributed by atoms with van der Waals surface area (Å²) in [7, 11) is 0. The van der Waals surface area contributed by atoms with E-state index >= 15 is 0 Å². The quantitative estimate of drug-likeness (QED) is 0.662. The van der Waals surface area contributed by atoms with Crippen LogP contribution in [0.4, 0.5) is 0 Å². The molecule has 1 nitrogen and oxygen atoms in total. The summed E-state index contributed by atoms with van der Waals surface area (Å²) in [5.74, 6) is 7.00. The van der Waals surface area contributed by atoms with E-state index in [9.17, 15) is 0 Å². The van der Waals surface area contributed by atoms with Crippen molar-refractivity contribution in [3.8, 4) is 11.8 Å². The lowest BCUT2D eigenvalue weighted by Crippen LogP contribution is -2.32. The first-order valence-electron chi connectivity index (χ1n) is 5.74. The fourth-order valence-electron chi connectivity index (χ4n) is 2.26. The molecule has 1 N–H and O–H groups in total. The molecule has 2 atom stereocenters. The smallest absolute Gasteiger partial charge is 0.0110 e. The van der Waals surface area contributed by atoms with Gasteiger partial charge in [-0.15, -0.1) is 11.8 Å². The standard InChI is InChI=1S/C13H23N/c1-5-7-8-9-12(14-6-2)11-10-13(11,3)4/h11-12,14H,6,8-10H2,1-4H3. The molecule has 0 aromatic carbocycles. The summed E-state index contributed by atoms with van der Waals surface area (Å²) in [6.07, 6.45) is 3.63. The molecule has 0 heterocycles. The van der Waals surface area contributed by atoms with Gasteiger partial charge >= 0.3 is 0 Å². The second kappa shape index (κ2) is 4.84. The predicted octanol–water partition coefficient (Wildman–Crippen LogP) is 2.81. The van der Waals surface area contributed by atoms with E-state index in [0.717, 1.165) is 18.9 Å². The van der Waals surface area contributed by atoms with Crippen LogP contribution in [0, 0.1) is 23.2 Å². The monoisotopic (exact) mass is 193 g/mol. The van der Waals surface area contributed by atoms with Gasteiger partial charge in [0.05, 0.1) is 0 Å². The Labute approximate surface area is 88.7 Å². The van der Waals surface area contributed by atoms with Crippen molar-refractivity contribution in [2.75, 3.05) is 6.54 Å². The Morgan fingerprint density at radius 2 is 2.14 bits per heavy atom. The van der Waals surface area contributed by atoms with Gasteiger partial charge in [0.2, 0.25) is 0 Å². The third-order valence-corrected chi connectivity index (χ3v) is 3.30. The Morgan fingerprint density at radius 3 is 2.57 bits per heavy atom. The maximum absolute atomic E-state index is 3.59. The number of hydrogen-bond acceptors (Lipinski definition) is 1. The number of rotatable bonds is 5. The second-order valence-electron chi connectivity index (χ2n) is 4.93. The summed E-state index contributed by atoms with van der Waals surface area (Å²) >= 11 is 0. The third kappa shape index (κ3) is 3.03. The van der Waals surface area contributed by atoms with Gasteiger partial charge in [0.25, 0.3) is 0 Å². The largest absolute Gasteiger partial charge is 0.314 e. The van der Waals surface area contributed by atoms with Gasteiger partial charge in [0, 0.05) is 12.5 Å². The molecule has 0 amide bonds. The fraction of sp³-hybridized carbons (Fsp3) is 0.846. The van der Waals surface area contributed by atoms with E-state index < -0.39 is 0 Å². The minimum absolute atomic E-state index is 0.576. The molecule has 80 valence electrons. The number of hydrogen-bond donors (Lipinski definition) is 1. The molecule has 0 spiro atoms. The van der Waals surface area contributed by atoms with Crippen LogP contribution in [-0.4, -0.2) is 12.6 Å². The van der Waals surface area contributed by atoms with Gasteiger partial charge in [-0.3, -0.25) is 0 Å². The van der Waals surface area contributed by atoms with Crippen LogP contribution in [0.1, 0.15) is 47.0 Å². The van der Waals surface area contributed by atoms with E-state index in [1.807, 2.05) is 6.92 Å². The lowest BCUT2D eigenvalue weighted by atomic mass is 10.00. The van der Waals surface area contributed by atoms with Crippen LogP contribution in [0.15, 0.2) is 0 Å². The zero-order chi connectivity index (χ0) is 10.6. The molecular formula is C13H23N. The molecule has 0 aromatic heterocycles. The fourth-order valence-corrected chi connectivity index (χ4v) is 2.26. The molecule has 1 saturated carbocycles. The van der Waals surface area contributed by atoms with Crippen molar-refractivity contribution in [1.29, 1.82) is 0 Å². The minimum Gasteiger partial charge on any atom is -0.314 e. The van der Waals surface area contributed by atoms with Crippen LogP contribution < -0.4 is 5.32 Å². The molecular weight excluding hydrogens is 170 g/mol. The average Bonchev–Trinajstić information content (AvgIpc) is 2.74. The molecule has 1 heteroatoms. The Bertz CT molecular complexity index is 231. The Balaban J connectivity index is 2.35.